The van der Waals surface area contributed by atoms with Gasteiger partial charge in [0.1, 0.15) is 73.1 Å². The lowest BCUT2D eigenvalue weighted by Crippen LogP contribution is -2.70. The maximum Gasteiger partial charge on any atom is 0.217 e. The summed E-state index contributed by atoms with van der Waals surface area (Å²) in [7, 11) is 0. The molecule has 3 saturated heterocycles. The van der Waals surface area contributed by atoms with E-state index in [1.54, 1.807) is 0 Å². The normalized spacial score (nSPS) is 43.5. The molecule has 11 N–H and O–H groups in total. The number of amides is 3. The van der Waals surface area contributed by atoms with Crippen molar-refractivity contribution in [1.82, 2.24) is 16.0 Å². The fourth-order valence-electron chi connectivity index (χ4n) is 5.17. The number of carbonyl (C=O) groups excluding carboxylic acids is 3. The van der Waals surface area contributed by atoms with Crippen LogP contribution in [0.15, 0.2) is 0 Å². The number of carbonyl (C=O) groups is 3. The van der Waals surface area contributed by atoms with E-state index >= 15 is 0 Å². The maximum atomic E-state index is 12.2. The van der Waals surface area contributed by atoms with E-state index in [1.807, 2.05) is 0 Å². The summed E-state index contributed by atoms with van der Waals surface area (Å²) in [6.45, 7) is 1.25. The van der Waals surface area contributed by atoms with Gasteiger partial charge in [-0.3, -0.25) is 14.4 Å². The van der Waals surface area contributed by atoms with Crippen LogP contribution in [0.25, 0.3) is 0 Å². The molecule has 3 amide bonds. The second-order valence-corrected chi connectivity index (χ2v) is 10.6. The Labute approximate surface area is 245 Å². The predicted octanol–water partition coefficient (Wildman–Crippen LogP) is -7.14. The van der Waals surface area contributed by atoms with Gasteiger partial charge in [0.2, 0.25) is 17.7 Å². The van der Waals surface area contributed by atoms with Gasteiger partial charge in [-0.05, 0) is 0 Å². The van der Waals surface area contributed by atoms with Gasteiger partial charge in [-0.15, -0.1) is 0 Å². The first-order valence-electron chi connectivity index (χ1n) is 13.5. The molecule has 0 aromatic carbocycles. The molecule has 19 nitrogen and oxygen atoms in total. The molecular formula is C24H41N3O16. The summed E-state index contributed by atoms with van der Waals surface area (Å²) in [5, 5.41) is 89.7. The molecule has 3 aliphatic heterocycles. The van der Waals surface area contributed by atoms with Crippen molar-refractivity contribution in [3.63, 3.8) is 0 Å². The lowest BCUT2D eigenvalue weighted by molar-refractivity contribution is -0.334. The van der Waals surface area contributed by atoms with E-state index in [9.17, 15) is 55.2 Å². The van der Waals surface area contributed by atoms with Crippen molar-refractivity contribution in [2.24, 2.45) is 0 Å². The minimum absolute atomic E-state index is 0.588. The monoisotopic (exact) mass is 627 g/mol. The summed E-state index contributed by atoms with van der Waals surface area (Å²) in [6.07, 6.45) is -18.9. The minimum Gasteiger partial charge on any atom is -0.394 e. The zero-order chi connectivity index (χ0) is 32.2. The van der Waals surface area contributed by atoms with Gasteiger partial charge in [0, 0.05) is 20.8 Å². The highest BCUT2D eigenvalue weighted by Crippen LogP contribution is 2.30. The zero-order valence-electron chi connectivity index (χ0n) is 23.6. The van der Waals surface area contributed by atoms with E-state index in [0.29, 0.717) is 0 Å². The molecule has 3 aliphatic rings. The summed E-state index contributed by atoms with van der Waals surface area (Å²) in [4.78, 5) is 35.4. The second kappa shape index (κ2) is 15.3. The number of hydrogen-bond acceptors (Lipinski definition) is 16. The largest absolute Gasteiger partial charge is 0.394 e. The quantitative estimate of drug-likeness (QED) is 0.107. The summed E-state index contributed by atoms with van der Waals surface area (Å²) in [5.41, 5.74) is 0. The number of rotatable bonds is 10. The van der Waals surface area contributed by atoms with Crippen LogP contribution in [-0.4, -0.2) is 170 Å². The van der Waals surface area contributed by atoms with Crippen LogP contribution < -0.4 is 16.0 Å². The van der Waals surface area contributed by atoms with E-state index in [0.717, 1.165) is 20.8 Å². The maximum absolute atomic E-state index is 12.2. The fraction of sp³-hybridized carbons (Fsp3) is 0.875. The van der Waals surface area contributed by atoms with Crippen molar-refractivity contribution in [3.05, 3.63) is 0 Å². The Kier molecular flexibility index (Phi) is 12.5. The highest BCUT2D eigenvalue weighted by molar-refractivity contribution is 5.74. The molecule has 1 unspecified atom stereocenters. The van der Waals surface area contributed by atoms with Gasteiger partial charge in [0.05, 0.1) is 19.8 Å². The van der Waals surface area contributed by atoms with Crippen LogP contribution in [0.5, 0.6) is 0 Å². The van der Waals surface area contributed by atoms with Gasteiger partial charge in [-0.1, -0.05) is 0 Å². The number of aliphatic hydroxyl groups excluding tert-OH is 8. The van der Waals surface area contributed by atoms with Crippen LogP contribution in [0.3, 0.4) is 0 Å². The third kappa shape index (κ3) is 8.34. The standard InChI is InChI=1S/C24H41N3O16/c1-7(30)25-13-19(36)17(34)12(40-22(13)38)6-39-23-15(27-9(3)32)21(18(35)11(5-29)41-23)43-24-14(26-8(2)31)20(37)16(33)10(4-28)42-24/h10-24,28-29,33-38H,4-6H2,1-3H3,(H,25,30)(H,26,31)(H,27,32)/t10-,11-,12-,13-,14-,15-,16-,17+,18-,19-,20-,21-,22?,23-,24+/m1/s1. The molecule has 15 atom stereocenters. The Bertz CT molecular complexity index is 962. The van der Waals surface area contributed by atoms with Gasteiger partial charge in [-0.25, -0.2) is 0 Å². The van der Waals surface area contributed by atoms with Gasteiger partial charge >= 0.3 is 0 Å². The molecule has 3 rings (SSSR count). The molecular weight excluding hydrogens is 586 g/mol. The molecule has 19 heteroatoms. The number of nitrogens with one attached hydrogen (secondary N) is 3. The minimum atomic E-state index is -1.74. The molecule has 3 fully saturated rings. The summed E-state index contributed by atoms with van der Waals surface area (Å²) < 4.78 is 28.1. The summed E-state index contributed by atoms with van der Waals surface area (Å²) >= 11 is 0. The summed E-state index contributed by atoms with van der Waals surface area (Å²) in [6, 6.07) is -4.16. The van der Waals surface area contributed by atoms with Crippen LogP contribution in [-0.2, 0) is 38.1 Å². The highest BCUT2D eigenvalue weighted by atomic mass is 16.7. The van der Waals surface area contributed by atoms with Crippen LogP contribution in [0.2, 0.25) is 0 Å². The lowest BCUT2D eigenvalue weighted by atomic mass is 9.94. The average Bonchev–Trinajstić information content (AvgIpc) is 2.93. The average molecular weight is 628 g/mol. The first-order valence-corrected chi connectivity index (χ1v) is 13.5. The van der Waals surface area contributed by atoms with Gasteiger partial charge in [0.25, 0.3) is 0 Å². The predicted molar refractivity (Wildman–Crippen MR) is 136 cm³/mol. The lowest BCUT2D eigenvalue weighted by Gasteiger charge is -2.48. The van der Waals surface area contributed by atoms with Crippen molar-refractivity contribution in [2.45, 2.75) is 113 Å². The van der Waals surface area contributed by atoms with E-state index < -0.39 is 129 Å². The van der Waals surface area contributed by atoms with E-state index in [4.69, 9.17) is 23.7 Å². The highest BCUT2D eigenvalue weighted by Gasteiger charge is 2.53. The van der Waals surface area contributed by atoms with Crippen molar-refractivity contribution < 1.29 is 78.9 Å². The smallest absolute Gasteiger partial charge is 0.217 e. The van der Waals surface area contributed by atoms with E-state index in [2.05, 4.69) is 16.0 Å². The number of hydrogen-bond donors (Lipinski definition) is 11. The van der Waals surface area contributed by atoms with Gasteiger partial charge < -0.3 is 80.5 Å². The Hall–Kier alpha value is -2.11. The van der Waals surface area contributed by atoms with Gasteiger partial charge in [-0.2, -0.15) is 0 Å². The zero-order valence-corrected chi connectivity index (χ0v) is 23.6. The fourth-order valence-corrected chi connectivity index (χ4v) is 5.17. The topological polar surface area (TPSA) is 295 Å². The Morgan fingerprint density at radius 1 is 0.605 bits per heavy atom. The van der Waals surface area contributed by atoms with Crippen molar-refractivity contribution in [1.29, 1.82) is 0 Å². The van der Waals surface area contributed by atoms with Crippen LogP contribution in [0.1, 0.15) is 20.8 Å². The van der Waals surface area contributed by atoms with Crippen molar-refractivity contribution in [2.75, 3.05) is 19.8 Å². The molecule has 0 radical (unpaired) electrons. The Balaban J connectivity index is 1.84. The first kappa shape index (κ1) is 35.4. The van der Waals surface area contributed by atoms with Crippen LogP contribution >= 0.6 is 0 Å². The molecule has 0 aromatic rings. The van der Waals surface area contributed by atoms with Crippen LogP contribution in [0, 0.1) is 0 Å². The molecule has 0 spiro atoms. The molecule has 3 heterocycles. The number of aliphatic hydroxyl groups is 8. The first-order chi connectivity index (χ1) is 20.2. The van der Waals surface area contributed by atoms with Gasteiger partial charge in [0.15, 0.2) is 18.9 Å². The molecule has 0 bridgehead atoms. The Morgan fingerprint density at radius 3 is 1.63 bits per heavy atom. The molecule has 0 aliphatic carbocycles. The summed E-state index contributed by atoms with van der Waals surface area (Å²) in [5.74, 6) is -1.90. The van der Waals surface area contributed by atoms with E-state index in [1.165, 1.54) is 0 Å². The molecule has 0 saturated carbocycles. The Morgan fingerprint density at radius 2 is 1.07 bits per heavy atom. The third-order valence-corrected chi connectivity index (χ3v) is 7.28. The van der Waals surface area contributed by atoms with Crippen molar-refractivity contribution in [3.8, 4) is 0 Å². The van der Waals surface area contributed by atoms with Crippen LogP contribution in [0.4, 0.5) is 0 Å². The molecule has 0 aromatic heterocycles. The number of ether oxygens (including phenoxy) is 5. The van der Waals surface area contributed by atoms with E-state index in [-0.39, 0.29) is 0 Å². The third-order valence-electron chi connectivity index (χ3n) is 7.28. The second-order valence-electron chi connectivity index (χ2n) is 10.6. The van der Waals surface area contributed by atoms with Crippen molar-refractivity contribution >= 4 is 17.7 Å². The molecule has 248 valence electrons. The SMILES string of the molecule is CC(=O)N[C@H]1[C@H](O[C@H]2[C@H](O)[C@@H](CO)O[C@@H](OC[C@H]3OC(O)[C@H](NC(C)=O)[C@@H](O)[C@H]3O)[C@@H]2NC(C)=O)O[C@H](CO)[C@@H](O)[C@@H]1O. The molecule has 43 heavy (non-hydrogen) atoms.